The summed E-state index contributed by atoms with van der Waals surface area (Å²) in [5.41, 5.74) is 1.48. The number of methoxy groups -OCH3 is 1. The van der Waals surface area contributed by atoms with Gasteiger partial charge in [-0.25, -0.2) is 4.79 Å². The molecule has 0 radical (unpaired) electrons. The summed E-state index contributed by atoms with van der Waals surface area (Å²) >= 11 is 0. The van der Waals surface area contributed by atoms with Crippen LogP contribution in [0, 0.1) is 0 Å². The zero-order valence-corrected chi connectivity index (χ0v) is 8.15. The summed E-state index contributed by atoms with van der Waals surface area (Å²) in [4.78, 5) is 10.5. The van der Waals surface area contributed by atoms with Gasteiger partial charge in [-0.1, -0.05) is 18.2 Å². The van der Waals surface area contributed by atoms with Gasteiger partial charge in [0.25, 0.3) is 0 Å². The predicted molar refractivity (Wildman–Crippen MR) is 54.3 cm³/mol. The average molecular weight is 192 g/mol. The Hall–Kier alpha value is -1.77. The molecule has 0 unspecified atom stereocenters. The lowest BCUT2D eigenvalue weighted by atomic mass is 10.1. The SMILES string of the molecule is COc1ccccc1/C(C)=C\C(=O)O. The second-order valence-electron chi connectivity index (χ2n) is 2.87. The number of carbonyl (C=O) groups is 1. The van der Waals surface area contributed by atoms with Crippen molar-refractivity contribution in [3.8, 4) is 5.75 Å². The molecule has 3 heteroatoms. The van der Waals surface area contributed by atoms with Crippen LogP contribution in [0.2, 0.25) is 0 Å². The number of rotatable bonds is 3. The van der Waals surface area contributed by atoms with E-state index in [0.717, 1.165) is 11.6 Å². The van der Waals surface area contributed by atoms with Crippen LogP contribution in [-0.4, -0.2) is 18.2 Å². The molecule has 0 spiro atoms. The zero-order chi connectivity index (χ0) is 10.6. The number of hydrogen-bond acceptors (Lipinski definition) is 2. The van der Waals surface area contributed by atoms with Gasteiger partial charge in [-0.2, -0.15) is 0 Å². The molecule has 14 heavy (non-hydrogen) atoms. The Labute approximate surface area is 82.6 Å². The van der Waals surface area contributed by atoms with Crippen LogP contribution in [0.1, 0.15) is 12.5 Å². The van der Waals surface area contributed by atoms with E-state index in [9.17, 15) is 4.79 Å². The first kappa shape index (κ1) is 10.3. The van der Waals surface area contributed by atoms with Gasteiger partial charge in [-0.15, -0.1) is 0 Å². The van der Waals surface area contributed by atoms with Gasteiger partial charge < -0.3 is 9.84 Å². The fourth-order valence-electron chi connectivity index (χ4n) is 1.23. The maximum absolute atomic E-state index is 10.5. The van der Waals surface area contributed by atoms with Crippen LogP contribution in [0.3, 0.4) is 0 Å². The molecule has 0 heterocycles. The highest BCUT2D eigenvalue weighted by Crippen LogP contribution is 2.24. The summed E-state index contributed by atoms with van der Waals surface area (Å²) in [6.45, 7) is 1.74. The molecule has 1 aromatic rings. The predicted octanol–water partition coefficient (Wildman–Crippen LogP) is 2.18. The fourth-order valence-corrected chi connectivity index (χ4v) is 1.23. The van der Waals surface area contributed by atoms with E-state index < -0.39 is 5.97 Å². The molecule has 0 aliphatic carbocycles. The van der Waals surface area contributed by atoms with Crippen LogP contribution in [0.15, 0.2) is 30.3 Å². The van der Waals surface area contributed by atoms with Crippen molar-refractivity contribution in [3.05, 3.63) is 35.9 Å². The quantitative estimate of drug-likeness (QED) is 0.746. The molecule has 0 fully saturated rings. The molecule has 0 aliphatic rings. The number of carboxylic acid groups (broad SMARTS) is 1. The van der Waals surface area contributed by atoms with Crippen LogP contribution in [0.4, 0.5) is 0 Å². The highest BCUT2D eigenvalue weighted by atomic mass is 16.5. The first-order chi connectivity index (χ1) is 6.65. The number of para-hydroxylation sites is 1. The second-order valence-corrected chi connectivity index (χ2v) is 2.87. The number of ether oxygens (including phenoxy) is 1. The lowest BCUT2D eigenvalue weighted by Gasteiger charge is -2.07. The van der Waals surface area contributed by atoms with Gasteiger partial charge in [0.1, 0.15) is 5.75 Å². The molecule has 3 nitrogen and oxygen atoms in total. The molecule has 1 N–H and O–H groups in total. The van der Waals surface area contributed by atoms with Crippen molar-refractivity contribution in [1.29, 1.82) is 0 Å². The Morgan fingerprint density at radius 3 is 2.64 bits per heavy atom. The minimum Gasteiger partial charge on any atom is -0.496 e. The Kier molecular flexibility index (Phi) is 3.29. The van der Waals surface area contributed by atoms with Gasteiger partial charge in [0.15, 0.2) is 0 Å². The lowest BCUT2D eigenvalue weighted by molar-refractivity contribution is -0.131. The minimum absolute atomic E-state index is 0.676. The number of benzene rings is 1. The highest BCUT2D eigenvalue weighted by molar-refractivity contribution is 5.90. The van der Waals surface area contributed by atoms with Crippen molar-refractivity contribution in [1.82, 2.24) is 0 Å². The van der Waals surface area contributed by atoms with Crippen LogP contribution in [0.25, 0.3) is 5.57 Å². The van der Waals surface area contributed by atoms with E-state index >= 15 is 0 Å². The molecule has 0 aliphatic heterocycles. The largest absolute Gasteiger partial charge is 0.496 e. The van der Waals surface area contributed by atoms with Gasteiger partial charge in [-0.05, 0) is 18.6 Å². The highest BCUT2D eigenvalue weighted by Gasteiger charge is 2.04. The van der Waals surface area contributed by atoms with Crippen LogP contribution >= 0.6 is 0 Å². The van der Waals surface area contributed by atoms with E-state index in [-0.39, 0.29) is 0 Å². The summed E-state index contributed by atoms with van der Waals surface area (Å²) in [5.74, 6) is -0.268. The maximum Gasteiger partial charge on any atom is 0.328 e. The molecule has 0 bridgehead atoms. The van der Waals surface area contributed by atoms with Gasteiger partial charge in [0.05, 0.1) is 7.11 Å². The van der Waals surface area contributed by atoms with Crippen LogP contribution < -0.4 is 4.74 Å². The standard InChI is InChI=1S/C11H12O3/c1-8(7-11(12)13)9-5-3-4-6-10(9)14-2/h3-7H,1-2H3,(H,12,13)/b8-7-. The molecule has 0 amide bonds. The summed E-state index contributed by atoms with van der Waals surface area (Å²) < 4.78 is 5.11. The number of allylic oxidation sites excluding steroid dienone is 1. The summed E-state index contributed by atoms with van der Waals surface area (Å²) in [5, 5.41) is 8.59. The molecule has 0 atom stereocenters. The average Bonchev–Trinajstić information content (AvgIpc) is 2.16. The van der Waals surface area contributed by atoms with Crippen molar-refractivity contribution < 1.29 is 14.6 Å². The van der Waals surface area contributed by atoms with Gasteiger partial charge in [0, 0.05) is 11.6 Å². The van der Waals surface area contributed by atoms with Crippen molar-refractivity contribution in [2.45, 2.75) is 6.92 Å². The van der Waals surface area contributed by atoms with E-state index in [2.05, 4.69) is 0 Å². The van der Waals surface area contributed by atoms with Crippen LogP contribution in [-0.2, 0) is 4.79 Å². The van der Waals surface area contributed by atoms with Crippen molar-refractivity contribution in [2.24, 2.45) is 0 Å². The van der Waals surface area contributed by atoms with Crippen molar-refractivity contribution in [3.63, 3.8) is 0 Å². The second kappa shape index (κ2) is 4.46. The third-order valence-corrected chi connectivity index (χ3v) is 1.87. The van der Waals surface area contributed by atoms with E-state index in [4.69, 9.17) is 9.84 Å². The monoisotopic (exact) mass is 192 g/mol. The van der Waals surface area contributed by atoms with Crippen molar-refractivity contribution >= 4 is 11.5 Å². The molecule has 74 valence electrons. The van der Waals surface area contributed by atoms with E-state index in [1.165, 1.54) is 0 Å². The van der Waals surface area contributed by atoms with Gasteiger partial charge in [-0.3, -0.25) is 0 Å². The molecule has 1 aromatic carbocycles. The Morgan fingerprint density at radius 1 is 1.43 bits per heavy atom. The maximum atomic E-state index is 10.5. The molecule has 0 saturated carbocycles. The fraction of sp³-hybridized carbons (Fsp3) is 0.182. The molecule has 0 saturated heterocycles. The number of carboxylic acids is 1. The Morgan fingerprint density at radius 2 is 2.07 bits per heavy atom. The Balaban J connectivity index is 3.11. The van der Waals surface area contributed by atoms with E-state index in [0.29, 0.717) is 11.3 Å². The van der Waals surface area contributed by atoms with Crippen LogP contribution in [0.5, 0.6) is 5.75 Å². The number of aliphatic carboxylic acids is 1. The third kappa shape index (κ3) is 2.36. The van der Waals surface area contributed by atoms with Gasteiger partial charge >= 0.3 is 5.97 Å². The zero-order valence-electron chi connectivity index (χ0n) is 8.15. The van der Waals surface area contributed by atoms with E-state index in [1.807, 2.05) is 18.2 Å². The molecule has 0 aromatic heterocycles. The lowest BCUT2D eigenvalue weighted by Crippen LogP contribution is -1.93. The topological polar surface area (TPSA) is 46.5 Å². The van der Waals surface area contributed by atoms with Crippen molar-refractivity contribution in [2.75, 3.05) is 7.11 Å². The third-order valence-electron chi connectivity index (χ3n) is 1.87. The summed E-state index contributed by atoms with van der Waals surface area (Å²) in [7, 11) is 1.56. The normalized spacial score (nSPS) is 11.1. The minimum atomic E-state index is -0.951. The van der Waals surface area contributed by atoms with E-state index in [1.54, 1.807) is 20.1 Å². The molecular weight excluding hydrogens is 180 g/mol. The molecular formula is C11H12O3. The first-order valence-corrected chi connectivity index (χ1v) is 4.19. The summed E-state index contributed by atoms with van der Waals surface area (Å²) in [6, 6.07) is 7.32. The van der Waals surface area contributed by atoms with Gasteiger partial charge in [0.2, 0.25) is 0 Å². The number of hydrogen-bond donors (Lipinski definition) is 1. The Bertz CT molecular complexity index is 367. The smallest absolute Gasteiger partial charge is 0.328 e. The molecule has 1 rings (SSSR count). The summed E-state index contributed by atoms with van der Waals surface area (Å²) in [6.07, 6.45) is 1.16. The first-order valence-electron chi connectivity index (χ1n) is 4.19.